The van der Waals surface area contributed by atoms with E-state index in [1.807, 2.05) is 13.8 Å². The monoisotopic (exact) mass is 310 g/mol. The third kappa shape index (κ3) is 4.46. The van der Waals surface area contributed by atoms with Crippen LogP contribution in [0.4, 0.5) is 0 Å². The molecule has 1 aromatic rings. The maximum absolute atomic E-state index is 12.5. The fraction of sp³-hybridized carbons (Fsp3) is 0.467. The fourth-order valence-corrected chi connectivity index (χ4v) is 3.24. The Hall–Kier alpha value is -1.55. The molecule has 0 atom stereocenters. The molecule has 0 aromatic heterocycles. The molecule has 0 saturated carbocycles. The molecule has 5 nitrogen and oxygen atoms in total. The molecule has 6 heteroatoms. The highest BCUT2D eigenvalue weighted by molar-refractivity contribution is 7.89. The lowest BCUT2D eigenvalue weighted by Crippen LogP contribution is -2.30. The molecule has 0 fully saturated rings. The SMILES string of the molecule is COc1ccc(S(=O)(=O)N(C)CC(C)C)cc1C#CCN. The Balaban J connectivity index is 3.25. The van der Waals surface area contributed by atoms with Crippen LogP contribution in [0.5, 0.6) is 5.75 Å². The Morgan fingerprint density at radius 2 is 2.05 bits per heavy atom. The summed E-state index contributed by atoms with van der Waals surface area (Å²) in [7, 11) is -0.438. The van der Waals surface area contributed by atoms with Crippen molar-refractivity contribution >= 4 is 10.0 Å². The Bertz CT molecular complexity index is 643. The van der Waals surface area contributed by atoms with Crippen LogP contribution in [0.25, 0.3) is 0 Å². The minimum absolute atomic E-state index is 0.202. The molecule has 21 heavy (non-hydrogen) atoms. The number of ether oxygens (including phenoxy) is 1. The number of rotatable bonds is 5. The lowest BCUT2D eigenvalue weighted by molar-refractivity contribution is 0.411. The van der Waals surface area contributed by atoms with Crippen molar-refractivity contribution in [3.05, 3.63) is 23.8 Å². The molecule has 2 N–H and O–H groups in total. The minimum Gasteiger partial charge on any atom is -0.495 e. The van der Waals surface area contributed by atoms with Crippen LogP contribution in [0, 0.1) is 17.8 Å². The number of nitrogens with zero attached hydrogens (tertiary/aromatic N) is 1. The van der Waals surface area contributed by atoms with Crippen molar-refractivity contribution < 1.29 is 13.2 Å². The van der Waals surface area contributed by atoms with Gasteiger partial charge in [0.15, 0.2) is 0 Å². The second-order valence-corrected chi connectivity index (χ2v) is 7.09. The highest BCUT2D eigenvalue weighted by Crippen LogP contribution is 2.23. The molecule has 0 radical (unpaired) electrons. The molecule has 0 heterocycles. The van der Waals surface area contributed by atoms with Gasteiger partial charge in [-0.1, -0.05) is 25.7 Å². The Kier molecular flexibility index (Phi) is 6.21. The van der Waals surface area contributed by atoms with E-state index < -0.39 is 10.0 Å². The Morgan fingerprint density at radius 1 is 1.38 bits per heavy atom. The molecule has 1 rings (SSSR count). The van der Waals surface area contributed by atoms with Crippen molar-refractivity contribution in [1.29, 1.82) is 0 Å². The van der Waals surface area contributed by atoms with Gasteiger partial charge < -0.3 is 10.5 Å². The van der Waals surface area contributed by atoms with Crippen molar-refractivity contribution in [3.8, 4) is 17.6 Å². The Morgan fingerprint density at radius 3 is 2.57 bits per heavy atom. The maximum Gasteiger partial charge on any atom is 0.242 e. The first-order valence-corrected chi connectivity index (χ1v) is 8.10. The van der Waals surface area contributed by atoms with Crippen LogP contribution >= 0.6 is 0 Å². The zero-order chi connectivity index (χ0) is 16.0. The zero-order valence-corrected chi connectivity index (χ0v) is 13.7. The first-order valence-electron chi connectivity index (χ1n) is 6.66. The van der Waals surface area contributed by atoms with Crippen LogP contribution in [-0.4, -0.2) is 40.0 Å². The van der Waals surface area contributed by atoms with Crippen molar-refractivity contribution in [1.82, 2.24) is 4.31 Å². The molecule has 0 saturated heterocycles. The highest BCUT2D eigenvalue weighted by Gasteiger charge is 2.22. The van der Waals surface area contributed by atoms with Crippen molar-refractivity contribution in [2.75, 3.05) is 27.2 Å². The second kappa shape index (κ2) is 7.46. The largest absolute Gasteiger partial charge is 0.495 e. The summed E-state index contributed by atoms with van der Waals surface area (Å²) in [6, 6.07) is 4.66. The van der Waals surface area contributed by atoms with E-state index in [-0.39, 0.29) is 17.4 Å². The van der Waals surface area contributed by atoms with Gasteiger partial charge in [0.05, 0.1) is 24.1 Å². The van der Waals surface area contributed by atoms with Crippen molar-refractivity contribution in [3.63, 3.8) is 0 Å². The first kappa shape index (κ1) is 17.5. The normalized spacial score (nSPS) is 11.4. The summed E-state index contributed by atoms with van der Waals surface area (Å²) in [5, 5.41) is 0. The van der Waals surface area contributed by atoms with Gasteiger partial charge in [-0.3, -0.25) is 0 Å². The number of methoxy groups -OCH3 is 1. The van der Waals surface area contributed by atoms with Gasteiger partial charge in [0.2, 0.25) is 10.0 Å². The van der Waals surface area contributed by atoms with E-state index in [1.54, 1.807) is 13.1 Å². The van der Waals surface area contributed by atoms with Gasteiger partial charge in [-0.15, -0.1) is 0 Å². The summed E-state index contributed by atoms with van der Waals surface area (Å²) >= 11 is 0. The topological polar surface area (TPSA) is 72.6 Å². The number of hydrogen-bond acceptors (Lipinski definition) is 4. The van der Waals surface area contributed by atoms with E-state index in [2.05, 4.69) is 11.8 Å². The number of benzene rings is 1. The van der Waals surface area contributed by atoms with Crippen LogP contribution in [0.1, 0.15) is 19.4 Å². The third-order valence-corrected chi connectivity index (χ3v) is 4.65. The van der Waals surface area contributed by atoms with E-state index in [0.29, 0.717) is 17.9 Å². The van der Waals surface area contributed by atoms with Crippen molar-refractivity contribution in [2.45, 2.75) is 18.7 Å². The van der Waals surface area contributed by atoms with Gasteiger partial charge in [-0.2, -0.15) is 0 Å². The standard InChI is InChI=1S/C15H22N2O3S/c1-12(2)11-17(3)21(18,19)14-7-8-15(20-4)13(10-14)6-5-9-16/h7-8,10,12H,9,11,16H2,1-4H3. The quantitative estimate of drug-likeness (QED) is 0.832. The molecule has 116 valence electrons. The molecule has 0 aliphatic heterocycles. The van der Waals surface area contributed by atoms with Crippen LogP contribution in [0.2, 0.25) is 0 Å². The van der Waals surface area contributed by atoms with E-state index in [1.165, 1.54) is 23.5 Å². The molecule has 0 unspecified atom stereocenters. The van der Waals surface area contributed by atoms with Gasteiger partial charge in [0, 0.05) is 13.6 Å². The van der Waals surface area contributed by atoms with Crippen molar-refractivity contribution in [2.24, 2.45) is 11.7 Å². The van der Waals surface area contributed by atoms with Gasteiger partial charge in [0.25, 0.3) is 0 Å². The Labute approximate surface area is 127 Å². The summed E-state index contributed by atoms with van der Waals surface area (Å²) in [4.78, 5) is 0.202. The maximum atomic E-state index is 12.5. The van der Waals surface area contributed by atoms with E-state index in [9.17, 15) is 8.42 Å². The van der Waals surface area contributed by atoms with Gasteiger partial charge in [0.1, 0.15) is 5.75 Å². The number of hydrogen-bond donors (Lipinski definition) is 1. The van der Waals surface area contributed by atoms with Crippen LogP contribution in [-0.2, 0) is 10.0 Å². The second-order valence-electron chi connectivity index (χ2n) is 5.05. The molecule has 0 bridgehead atoms. The molecular weight excluding hydrogens is 288 g/mol. The lowest BCUT2D eigenvalue weighted by atomic mass is 10.2. The molecule has 0 aliphatic rings. The molecule has 1 aromatic carbocycles. The van der Waals surface area contributed by atoms with Gasteiger partial charge >= 0.3 is 0 Å². The van der Waals surface area contributed by atoms with Crippen LogP contribution < -0.4 is 10.5 Å². The lowest BCUT2D eigenvalue weighted by Gasteiger charge is -2.19. The van der Waals surface area contributed by atoms with Gasteiger partial charge in [-0.25, -0.2) is 12.7 Å². The fourth-order valence-electron chi connectivity index (χ4n) is 1.88. The predicted molar refractivity (Wildman–Crippen MR) is 83.6 cm³/mol. The highest BCUT2D eigenvalue weighted by atomic mass is 32.2. The van der Waals surface area contributed by atoms with Crippen LogP contribution in [0.15, 0.2) is 23.1 Å². The van der Waals surface area contributed by atoms with E-state index >= 15 is 0 Å². The summed E-state index contributed by atoms with van der Waals surface area (Å²) in [5.74, 6) is 6.32. The van der Waals surface area contributed by atoms with E-state index in [4.69, 9.17) is 10.5 Å². The summed E-state index contributed by atoms with van der Waals surface area (Å²) in [6.45, 7) is 4.60. The summed E-state index contributed by atoms with van der Waals surface area (Å²) < 4.78 is 31.5. The minimum atomic E-state index is -3.53. The van der Waals surface area contributed by atoms with E-state index in [0.717, 1.165) is 0 Å². The number of sulfonamides is 1. The average Bonchev–Trinajstić information content (AvgIpc) is 2.43. The number of nitrogens with two attached hydrogens (primary N) is 1. The molecular formula is C15H22N2O3S. The predicted octanol–water partition coefficient (Wildman–Crippen LogP) is 1.28. The average molecular weight is 310 g/mol. The molecule has 0 spiro atoms. The zero-order valence-electron chi connectivity index (χ0n) is 12.9. The third-order valence-electron chi connectivity index (χ3n) is 2.83. The molecule has 0 aliphatic carbocycles. The van der Waals surface area contributed by atoms with Crippen LogP contribution in [0.3, 0.4) is 0 Å². The summed E-state index contributed by atoms with van der Waals surface area (Å²) in [5.41, 5.74) is 5.87. The van der Waals surface area contributed by atoms with Gasteiger partial charge in [-0.05, 0) is 24.1 Å². The smallest absolute Gasteiger partial charge is 0.242 e. The summed E-state index contributed by atoms with van der Waals surface area (Å²) in [6.07, 6.45) is 0. The molecule has 0 amide bonds. The first-order chi connectivity index (χ1) is 9.82.